The summed E-state index contributed by atoms with van der Waals surface area (Å²) in [6, 6.07) is 9.78. The summed E-state index contributed by atoms with van der Waals surface area (Å²) in [6.07, 6.45) is 0. The van der Waals surface area contributed by atoms with E-state index in [1.54, 1.807) is 0 Å². The fourth-order valence-corrected chi connectivity index (χ4v) is 0.662. The molecule has 1 nitrogen and oxygen atoms in total. The van der Waals surface area contributed by atoms with E-state index in [0.717, 1.165) is 5.69 Å². The van der Waals surface area contributed by atoms with Gasteiger partial charge in [0, 0.05) is 5.69 Å². The molecule has 0 heterocycles. The average Bonchev–Trinajstić information content (AvgIpc) is 1.90. The van der Waals surface area contributed by atoms with E-state index in [-0.39, 0.29) is 12.4 Å². The summed E-state index contributed by atoms with van der Waals surface area (Å²) in [5, 5.41) is 0. The van der Waals surface area contributed by atoms with Gasteiger partial charge < -0.3 is 4.72 Å². The number of hydrogen-bond donors (Lipinski definition) is 2. The van der Waals surface area contributed by atoms with Crippen molar-refractivity contribution >= 4 is 30.9 Å². The van der Waals surface area contributed by atoms with Gasteiger partial charge in [-0.2, -0.15) is 0 Å². The summed E-state index contributed by atoms with van der Waals surface area (Å²) in [5.74, 6) is 0. The van der Waals surface area contributed by atoms with Crippen LogP contribution in [-0.4, -0.2) is 0 Å². The molecule has 0 radical (unpaired) electrons. The summed E-state index contributed by atoms with van der Waals surface area (Å²) < 4.78 is 2.72. The second-order valence-electron chi connectivity index (χ2n) is 1.48. The lowest BCUT2D eigenvalue weighted by molar-refractivity contribution is 1.69. The molecule has 9 heavy (non-hydrogen) atoms. The molecule has 0 spiro atoms. The first-order valence-corrected chi connectivity index (χ1v) is 2.83. The molecule has 0 fully saturated rings. The fraction of sp³-hybridized carbons (Fsp3) is 0. The molecular formula is C6H8ClNS. The highest BCUT2D eigenvalue weighted by Crippen LogP contribution is 2.04. The van der Waals surface area contributed by atoms with Crippen LogP contribution in [0.15, 0.2) is 30.3 Å². The minimum Gasteiger partial charge on any atom is -0.332 e. The van der Waals surface area contributed by atoms with Crippen molar-refractivity contribution in [2.45, 2.75) is 0 Å². The second kappa shape index (κ2) is 4.53. The smallest absolute Gasteiger partial charge is 0.0437 e. The Morgan fingerprint density at radius 3 is 2.00 bits per heavy atom. The Hall–Kier alpha value is -0.340. The maximum atomic E-state index is 3.86. The predicted molar refractivity (Wildman–Crippen MR) is 46.3 cm³/mol. The molecule has 0 bridgehead atoms. The molecule has 1 aromatic rings. The van der Waals surface area contributed by atoms with E-state index >= 15 is 0 Å². The third kappa shape index (κ3) is 2.63. The van der Waals surface area contributed by atoms with Crippen LogP contribution in [-0.2, 0) is 0 Å². The number of rotatable bonds is 1. The van der Waals surface area contributed by atoms with Crippen LogP contribution in [0.1, 0.15) is 0 Å². The molecule has 3 heteroatoms. The van der Waals surface area contributed by atoms with Gasteiger partial charge in [0.05, 0.1) is 0 Å². The Morgan fingerprint density at radius 2 is 1.67 bits per heavy atom. The zero-order valence-corrected chi connectivity index (χ0v) is 6.45. The zero-order valence-electron chi connectivity index (χ0n) is 4.74. The van der Waals surface area contributed by atoms with Crippen molar-refractivity contribution in [1.29, 1.82) is 0 Å². The highest BCUT2D eigenvalue weighted by molar-refractivity contribution is 7.81. The Morgan fingerprint density at radius 1 is 1.11 bits per heavy atom. The van der Waals surface area contributed by atoms with E-state index in [9.17, 15) is 0 Å². The van der Waals surface area contributed by atoms with Gasteiger partial charge in [-0.3, -0.25) is 0 Å². The van der Waals surface area contributed by atoms with Crippen LogP contribution in [0.2, 0.25) is 0 Å². The topological polar surface area (TPSA) is 12.0 Å². The molecule has 0 saturated heterocycles. The lowest BCUT2D eigenvalue weighted by Gasteiger charge is -1.92. The van der Waals surface area contributed by atoms with E-state index in [4.69, 9.17) is 0 Å². The first kappa shape index (κ1) is 8.66. The number of nitrogens with one attached hydrogen (secondary N) is 1. The van der Waals surface area contributed by atoms with E-state index in [2.05, 4.69) is 17.5 Å². The summed E-state index contributed by atoms with van der Waals surface area (Å²) in [6.45, 7) is 0. The SMILES string of the molecule is Cl.SNc1ccccc1. The average molecular weight is 162 g/mol. The quantitative estimate of drug-likeness (QED) is 0.603. The van der Waals surface area contributed by atoms with Crippen molar-refractivity contribution in [3.05, 3.63) is 30.3 Å². The normalized spacial score (nSPS) is 7.67. The largest absolute Gasteiger partial charge is 0.332 e. The van der Waals surface area contributed by atoms with E-state index < -0.39 is 0 Å². The Labute approximate surface area is 66.4 Å². The van der Waals surface area contributed by atoms with Crippen molar-refractivity contribution < 1.29 is 0 Å². The molecule has 1 aromatic carbocycles. The monoisotopic (exact) mass is 161 g/mol. The molecule has 50 valence electrons. The van der Waals surface area contributed by atoms with Gasteiger partial charge in [0.1, 0.15) is 0 Å². The van der Waals surface area contributed by atoms with Crippen LogP contribution in [0.25, 0.3) is 0 Å². The maximum Gasteiger partial charge on any atom is 0.0437 e. The molecule has 0 atom stereocenters. The summed E-state index contributed by atoms with van der Waals surface area (Å²) >= 11 is 3.86. The molecular weight excluding hydrogens is 154 g/mol. The first-order chi connectivity index (χ1) is 3.93. The Kier molecular flexibility index (Phi) is 4.36. The standard InChI is InChI=1S/C6H7NS.ClH/c8-7-6-4-2-1-3-5-6;/h1-5,7-8H;1H. The predicted octanol–water partition coefficient (Wildman–Crippen LogP) is 2.37. The molecule has 0 aliphatic heterocycles. The highest BCUT2D eigenvalue weighted by Gasteiger charge is 1.78. The van der Waals surface area contributed by atoms with Crippen molar-refractivity contribution in [3.63, 3.8) is 0 Å². The third-order valence-electron chi connectivity index (χ3n) is 0.903. The van der Waals surface area contributed by atoms with Gasteiger partial charge in [-0.1, -0.05) is 31.0 Å². The van der Waals surface area contributed by atoms with E-state index in [0.29, 0.717) is 0 Å². The Bertz CT molecular complexity index is 154. The molecule has 0 aromatic heterocycles. The number of para-hydroxylation sites is 1. The van der Waals surface area contributed by atoms with Gasteiger partial charge in [0.15, 0.2) is 0 Å². The molecule has 0 saturated carbocycles. The molecule has 0 aliphatic carbocycles. The van der Waals surface area contributed by atoms with E-state index in [1.807, 2.05) is 30.3 Å². The number of benzene rings is 1. The molecule has 1 N–H and O–H groups in total. The molecule has 0 unspecified atom stereocenters. The van der Waals surface area contributed by atoms with Crippen LogP contribution in [0.3, 0.4) is 0 Å². The number of anilines is 1. The lowest BCUT2D eigenvalue weighted by atomic mass is 10.3. The fourth-order valence-electron chi connectivity index (χ4n) is 0.513. The second-order valence-corrected chi connectivity index (χ2v) is 1.70. The molecule has 0 aliphatic rings. The first-order valence-electron chi connectivity index (χ1n) is 2.38. The lowest BCUT2D eigenvalue weighted by Crippen LogP contribution is -1.75. The van der Waals surface area contributed by atoms with Gasteiger partial charge in [0.2, 0.25) is 0 Å². The highest BCUT2D eigenvalue weighted by atomic mass is 35.5. The van der Waals surface area contributed by atoms with Crippen molar-refractivity contribution in [1.82, 2.24) is 0 Å². The maximum absolute atomic E-state index is 3.86. The van der Waals surface area contributed by atoms with Gasteiger partial charge in [-0.25, -0.2) is 0 Å². The number of thiol groups is 1. The summed E-state index contributed by atoms with van der Waals surface area (Å²) in [7, 11) is 0. The summed E-state index contributed by atoms with van der Waals surface area (Å²) in [4.78, 5) is 0. The van der Waals surface area contributed by atoms with Crippen molar-refractivity contribution in [2.75, 3.05) is 4.72 Å². The van der Waals surface area contributed by atoms with Crippen LogP contribution < -0.4 is 4.72 Å². The van der Waals surface area contributed by atoms with Crippen LogP contribution in [0.5, 0.6) is 0 Å². The molecule has 1 rings (SSSR count). The van der Waals surface area contributed by atoms with Gasteiger partial charge in [-0.15, -0.1) is 12.4 Å². The number of halogens is 1. The zero-order chi connectivity index (χ0) is 5.82. The van der Waals surface area contributed by atoms with E-state index in [1.165, 1.54) is 0 Å². The minimum atomic E-state index is 0. The molecule has 0 amide bonds. The Balaban J connectivity index is 0.000000640. The number of hydrogen-bond acceptors (Lipinski definition) is 2. The summed E-state index contributed by atoms with van der Waals surface area (Å²) in [5.41, 5.74) is 1.02. The van der Waals surface area contributed by atoms with Crippen LogP contribution in [0.4, 0.5) is 5.69 Å². The minimum absolute atomic E-state index is 0. The van der Waals surface area contributed by atoms with Crippen LogP contribution >= 0.6 is 25.2 Å². The van der Waals surface area contributed by atoms with Gasteiger partial charge >= 0.3 is 0 Å². The third-order valence-corrected chi connectivity index (χ3v) is 1.16. The van der Waals surface area contributed by atoms with Crippen molar-refractivity contribution in [2.24, 2.45) is 0 Å². The van der Waals surface area contributed by atoms with Gasteiger partial charge in [-0.05, 0) is 12.1 Å². The van der Waals surface area contributed by atoms with Gasteiger partial charge in [0.25, 0.3) is 0 Å². The van der Waals surface area contributed by atoms with Crippen molar-refractivity contribution in [3.8, 4) is 0 Å². The van der Waals surface area contributed by atoms with Crippen LogP contribution in [0, 0.1) is 0 Å².